The van der Waals surface area contributed by atoms with Gasteiger partial charge in [0.25, 0.3) is 0 Å². The first-order valence-electron chi connectivity index (χ1n) is 5.33. The number of nitrogens with one attached hydrogen (secondary N) is 1. The highest BCUT2D eigenvalue weighted by Gasteiger charge is 2.16. The molecule has 1 aromatic rings. The number of benzene rings is 1. The molecular weight excluding hydrogens is 188 g/mol. The van der Waals surface area contributed by atoms with Crippen LogP contribution in [0.25, 0.3) is 0 Å². The summed E-state index contributed by atoms with van der Waals surface area (Å²) in [6.45, 7) is 2.65. The predicted molar refractivity (Wildman–Crippen MR) is 62.2 cm³/mol. The van der Waals surface area contributed by atoms with E-state index in [-0.39, 0.29) is 0 Å². The van der Waals surface area contributed by atoms with Gasteiger partial charge in [-0.1, -0.05) is 12.1 Å². The van der Waals surface area contributed by atoms with Gasteiger partial charge in [0.15, 0.2) is 0 Å². The van der Waals surface area contributed by atoms with Crippen LogP contribution in [0.4, 0.5) is 5.69 Å². The minimum absolute atomic E-state index is 0.554. The van der Waals surface area contributed by atoms with Crippen LogP contribution in [0, 0.1) is 0 Å². The van der Waals surface area contributed by atoms with Gasteiger partial charge in [-0.15, -0.1) is 0 Å². The van der Waals surface area contributed by atoms with E-state index in [0.717, 1.165) is 19.8 Å². The molecule has 0 bridgehead atoms. The summed E-state index contributed by atoms with van der Waals surface area (Å²) >= 11 is 0. The topological polar surface area (TPSA) is 24.5 Å². The molecule has 0 amide bonds. The minimum Gasteiger partial charge on any atom is -0.378 e. The molecule has 1 fully saturated rings. The SMILES string of the molecule is CN(C)c1ccc(CNC2COC2)cc1. The second-order valence-electron chi connectivity index (χ2n) is 4.18. The van der Waals surface area contributed by atoms with Gasteiger partial charge < -0.3 is 15.0 Å². The summed E-state index contributed by atoms with van der Waals surface area (Å²) in [6.07, 6.45) is 0. The number of hydrogen-bond acceptors (Lipinski definition) is 3. The lowest BCUT2D eigenvalue weighted by atomic mass is 10.2. The van der Waals surface area contributed by atoms with Crippen molar-refractivity contribution in [1.29, 1.82) is 0 Å². The molecule has 0 saturated carbocycles. The molecule has 0 unspecified atom stereocenters. The van der Waals surface area contributed by atoms with Gasteiger partial charge in [-0.25, -0.2) is 0 Å². The summed E-state index contributed by atoms with van der Waals surface area (Å²) in [7, 11) is 4.11. The number of anilines is 1. The molecule has 1 saturated heterocycles. The largest absolute Gasteiger partial charge is 0.378 e. The third kappa shape index (κ3) is 2.70. The van der Waals surface area contributed by atoms with E-state index in [0.29, 0.717) is 6.04 Å². The number of ether oxygens (including phenoxy) is 1. The first-order chi connectivity index (χ1) is 7.25. The Kier molecular flexibility index (Phi) is 3.23. The maximum Gasteiger partial charge on any atom is 0.0643 e. The zero-order valence-electron chi connectivity index (χ0n) is 9.36. The highest BCUT2D eigenvalue weighted by Crippen LogP contribution is 2.12. The molecule has 1 heterocycles. The standard InChI is InChI=1S/C12H18N2O/c1-14(2)12-5-3-10(4-6-12)7-13-11-8-15-9-11/h3-6,11,13H,7-9H2,1-2H3. The maximum absolute atomic E-state index is 5.10. The smallest absolute Gasteiger partial charge is 0.0643 e. The van der Waals surface area contributed by atoms with Crippen LogP contribution in [0.2, 0.25) is 0 Å². The second-order valence-corrected chi connectivity index (χ2v) is 4.18. The van der Waals surface area contributed by atoms with Crippen LogP contribution >= 0.6 is 0 Å². The average molecular weight is 206 g/mol. The molecule has 1 aliphatic rings. The van der Waals surface area contributed by atoms with Crippen LogP contribution in [0.5, 0.6) is 0 Å². The van der Waals surface area contributed by atoms with Gasteiger partial charge >= 0.3 is 0 Å². The van der Waals surface area contributed by atoms with Gasteiger partial charge in [-0.2, -0.15) is 0 Å². The van der Waals surface area contributed by atoms with Crippen molar-refractivity contribution < 1.29 is 4.74 Å². The van der Waals surface area contributed by atoms with E-state index in [4.69, 9.17) is 4.74 Å². The van der Waals surface area contributed by atoms with E-state index < -0.39 is 0 Å². The Labute approximate surface area is 91.0 Å². The minimum atomic E-state index is 0.554. The molecule has 0 atom stereocenters. The van der Waals surface area contributed by atoms with Gasteiger partial charge in [0.05, 0.1) is 19.3 Å². The molecule has 82 valence electrons. The lowest BCUT2D eigenvalue weighted by Crippen LogP contribution is -2.45. The first kappa shape index (κ1) is 10.5. The van der Waals surface area contributed by atoms with Crippen molar-refractivity contribution in [3.05, 3.63) is 29.8 Å². The Hall–Kier alpha value is -1.06. The van der Waals surface area contributed by atoms with Crippen LogP contribution in [-0.4, -0.2) is 33.4 Å². The molecule has 0 radical (unpaired) electrons. The van der Waals surface area contributed by atoms with Crippen molar-refractivity contribution in [2.75, 3.05) is 32.2 Å². The van der Waals surface area contributed by atoms with E-state index in [1.807, 2.05) is 0 Å². The quantitative estimate of drug-likeness (QED) is 0.802. The second kappa shape index (κ2) is 4.64. The molecule has 15 heavy (non-hydrogen) atoms. The van der Waals surface area contributed by atoms with Crippen molar-refractivity contribution in [2.45, 2.75) is 12.6 Å². The van der Waals surface area contributed by atoms with E-state index in [2.05, 4.69) is 48.6 Å². The van der Waals surface area contributed by atoms with E-state index >= 15 is 0 Å². The monoisotopic (exact) mass is 206 g/mol. The normalized spacial score (nSPS) is 16.1. The van der Waals surface area contributed by atoms with Crippen molar-refractivity contribution in [3.8, 4) is 0 Å². The Bertz CT molecular complexity index is 304. The fraction of sp³-hybridized carbons (Fsp3) is 0.500. The molecular formula is C12H18N2O. The van der Waals surface area contributed by atoms with Crippen LogP contribution in [0.1, 0.15) is 5.56 Å². The van der Waals surface area contributed by atoms with Gasteiger partial charge in [0, 0.05) is 26.3 Å². The van der Waals surface area contributed by atoms with Crippen LogP contribution < -0.4 is 10.2 Å². The third-order valence-electron chi connectivity index (χ3n) is 2.69. The Morgan fingerprint density at radius 2 is 1.93 bits per heavy atom. The molecule has 0 spiro atoms. The zero-order valence-corrected chi connectivity index (χ0v) is 9.36. The molecule has 0 aliphatic carbocycles. The molecule has 1 aliphatic heterocycles. The predicted octanol–water partition coefficient (Wildman–Crippen LogP) is 1.24. The fourth-order valence-corrected chi connectivity index (χ4v) is 1.53. The molecule has 3 heteroatoms. The van der Waals surface area contributed by atoms with Gasteiger partial charge in [0.2, 0.25) is 0 Å². The van der Waals surface area contributed by atoms with Gasteiger partial charge in [0.1, 0.15) is 0 Å². The third-order valence-corrected chi connectivity index (χ3v) is 2.69. The summed E-state index contributed by atoms with van der Waals surface area (Å²) in [5, 5.41) is 3.45. The number of nitrogens with zero attached hydrogens (tertiary/aromatic N) is 1. The number of rotatable bonds is 4. The Morgan fingerprint density at radius 3 is 2.40 bits per heavy atom. The van der Waals surface area contributed by atoms with Crippen LogP contribution in [-0.2, 0) is 11.3 Å². The van der Waals surface area contributed by atoms with Crippen LogP contribution in [0.3, 0.4) is 0 Å². The van der Waals surface area contributed by atoms with E-state index in [9.17, 15) is 0 Å². The summed E-state index contributed by atoms with van der Waals surface area (Å²) in [4.78, 5) is 2.11. The molecule has 1 N–H and O–H groups in total. The molecule has 3 nitrogen and oxygen atoms in total. The maximum atomic E-state index is 5.10. The molecule has 2 rings (SSSR count). The lowest BCUT2D eigenvalue weighted by molar-refractivity contribution is -0.00578. The van der Waals surface area contributed by atoms with Crippen molar-refractivity contribution in [2.24, 2.45) is 0 Å². The Balaban J connectivity index is 1.86. The summed E-state index contributed by atoms with van der Waals surface area (Å²) in [5.41, 5.74) is 2.57. The van der Waals surface area contributed by atoms with Gasteiger partial charge in [-0.3, -0.25) is 0 Å². The zero-order chi connectivity index (χ0) is 10.7. The average Bonchev–Trinajstić information content (AvgIpc) is 2.16. The van der Waals surface area contributed by atoms with Crippen molar-refractivity contribution in [3.63, 3.8) is 0 Å². The lowest BCUT2D eigenvalue weighted by Gasteiger charge is -2.27. The van der Waals surface area contributed by atoms with Crippen molar-refractivity contribution >= 4 is 5.69 Å². The highest BCUT2D eigenvalue weighted by atomic mass is 16.5. The molecule has 1 aromatic carbocycles. The number of hydrogen-bond donors (Lipinski definition) is 1. The first-order valence-corrected chi connectivity index (χ1v) is 5.33. The summed E-state index contributed by atoms with van der Waals surface area (Å²) in [5.74, 6) is 0. The summed E-state index contributed by atoms with van der Waals surface area (Å²) < 4.78 is 5.10. The van der Waals surface area contributed by atoms with Gasteiger partial charge in [-0.05, 0) is 17.7 Å². The fourth-order valence-electron chi connectivity index (χ4n) is 1.53. The van der Waals surface area contributed by atoms with E-state index in [1.54, 1.807) is 0 Å². The molecule has 0 aromatic heterocycles. The highest BCUT2D eigenvalue weighted by molar-refractivity contribution is 5.45. The van der Waals surface area contributed by atoms with Crippen molar-refractivity contribution in [1.82, 2.24) is 5.32 Å². The summed E-state index contributed by atoms with van der Waals surface area (Å²) in [6, 6.07) is 9.19. The van der Waals surface area contributed by atoms with Crippen LogP contribution in [0.15, 0.2) is 24.3 Å². The van der Waals surface area contributed by atoms with E-state index in [1.165, 1.54) is 11.3 Å². The Morgan fingerprint density at radius 1 is 1.27 bits per heavy atom.